The third kappa shape index (κ3) is 3.86. The zero-order valence-electron chi connectivity index (χ0n) is 14.5. The molecule has 1 aromatic heterocycles. The summed E-state index contributed by atoms with van der Waals surface area (Å²) >= 11 is 5.21. The lowest BCUT2D eigenvalue weighted by Crippen LogP contribution is -2.34. The smallest absolute Gasteiger partial charge is 0.257 e. The summed E-state index contributed by atoms with van der Waals surface area (Å²) in [6.07, 6.45) is 0. The van der Waals surface area contributed by atoms with Gasteiger partial charge in [0.2, 0.25) is 0 Å². The summed E-state index contributed by atoms with van der Waals surface area (Å²) in [5, 5.41) is 14.6. The van der Waals surface area contributed by atoms with E-state index in [1.54, 1.807) is 54.6 Å². The van der Waals surface area contributed by atoms with Crippen LogP contribution < -0.4 is 10.6 Å². The van der Waals surface area contributed by atoms with Crippen molar-refractivity contribution < 1.29 is 9.18 Å². The molecule has 2 N–H and O–H groups in total. The number of amides is 1. The summed E-state index contributed by atoms with van der Waals surface area (Å²) in [6, 6.07) is 20.0. The van der Waals surface area contributed by atoms with Crippen LogP contribution >= 0.6 is 12.2 Å². The highest BCUT2D eigenvalue weighted by atomic mass is 32.1. The molecular formula is C20H14FN5OS. The van der Waals surface area contributed by atoms with E-state index in [1.807, 2.05) is 6.07 Å². The summed E-state index contributed by atoms with van der Waals surface area (Å²) in [7, 11) is 0. The number of carbonyl (C=O) groups is 1. The molecule has 0 radical (unpaired) electrons. The van der Waals surface area contributed by atoms with E-state index in [4.69, 9.17) is 12.2 Å². The fourth-order valence-corrected chi connectivity index (χ4v) is 2.82. The molecule has 0 spiro atoms. The minimum atomic E-state index is -0.321. The van der Waals surface area contributed by atoms with Gasteiger partial charge in [0, 0.05) is 11.3 Å². The van der Waals surface area contributed by atoms with Gasteiger partial charge in [-0.2, -0.15) is 4.80 Å². The second-order valence-electron chi connectivity index (χ2n) is 5.94. The van der Waals surface area contributed by atoms with Gasteiger partial charge in [0.1, 0.15) is 16.9 Å². The van der Waals surface area contributed by atoms with Crippen LogP contribution in [0.4, 0.5) is 10.1 Å². The first-order valence-corrected chi connectivity index (χ1v) is 8.80. The van der Waals surface area contributed by atoms with Gasteiger partial charge in [-0.15, -0.1) is 10.2 Å². The predicted molar refractivity (Wildman–Crippen MR) is 109 cm³/mol. The number of hydrogen-bond acceptors (Lipinski definition) is 4. The van der Waals surface area contributed by atoms with Gasteiger partial charge >= 0.3 is 0 Å². The van der Waals surface area contributed by atoms with Gasteiger partial charge in [0.25, 0.3) is 5.91 Å². The molecule has 8 heteroatoms. The molecule has 0 bridgehead atoms. The van der Waals surface area contributed by atoms with E-state index in [-0.39, 0.29) is 16.8 Å². The van der Waals surface area contributed by atoms with E-state index in [0.717, 1.165) is 0 Å². The predicted octanol–water partition coefficient (Wildman–Crippen LogP) is 3.69. The molecule has 4 aromatic rings. The number of anilines is 1. The maximum Gasteiger partial charge on any atom is 0.257 e. The Labute approximate surface area is 165 Å². The van der Waals surface area contributed by atoms with Gasteiger partial charge in [-0.1, -0.05) is 18.2 Å². The van der Waals surface area contributed by atoms with Crippen LogP contribution in [0.25, 0.3) is 16.7 Å². The molecule has 0 unspecified atom stereocenters. The number of nitrogens with one attached hydrogen (secondary N) is 2. The van der Waals surface area contributed by atoms with E-state index in [0.29, 0.717) is 28.0 Å². The quantitative estimate of drug-likeness (QED) is 0.521. The number of thiocarbonyl (C=S) groups is 1. The Balaban J connectivity index is 1.49. The zero-order chi connectivity index (χ0) is 19.5. The maximum absolute atomic E-state index is 13.1. The van der Waals surface area contributed by atoms with Crippen LogP contribution in [0, 0.1) is 5.82 Å². The summed E-state index contributed by atoms with van der Waals surface area (Å²) < 4.78 is 13.1. The SMILES string of the molecule is O=C(NC(=S)Nc1ccc2nn(-c3ccc(F)cc3)nc2c1)c1ccccc1. The number of nitrogens with zero attached hydrogens (tertiary/aromatic N) is 3. The van der Waals surface area contributed by atoms with Crippen molar-refractivity contribution >= 4 is 40.0 Å². The second-order valence-corrected chi connectivity index (χ2v) is 6.35. The molecule has 28 heavy (non-hydrogen) atoms. The molecule has 0 aliphatic carbocycles. The standard InChI is InChI=1S/C20H14FN5OS/c21-14-6-9-16(10-7-14)26-24-17-11-8-15(12-18(17)25-26)22-20(28)23-19(27)13-4-2-1-3-5-13/h1-12H,(H2,22,23,27,28). The molecule has 0 saturated heterocycles. The largest absolute Gasteiger partial charge is 0.332 e. The summed E-state index contributed by atoms with van der Waals surface area (Å²) in [5.74, 6) is -0.612. The summed E-state index contributed by atoms with van der Waals surface area (Å²) in [5.41, 5.74) is 3.14. The van der Waals surface area contributed by atoms with Crippen LogP contribution in [0.1, 0.15) is 10.4 Å². The van der Waals surface area contributed by atoms with Crippen LogP contribution in [0.5, 0.6) is 0 Å². The molecule has 138 valence electrons. The van der Waals surface area contributed by atoms with Crippen molar-refractivity contribution in [1.82, 2.24) is 20.3 Å². The van der Waals surface area contributed by atoms with Crippen LogP contribution in [-0.2, 0) is 0 Å². The highest BCUT2D eigenvalue weighted by Gasteiger charge is 2.09. The Hall–Kier alpha value is -3.65. The molecule has 0 aliphatic rings. The fraction of sp³-hybridized carbons (Fsp3) is 0. The Morgan fingerprint density at radius 1 is 0.929 bits per heavy atom. The van der Waals surface area contributed by atoms with E-state index in [9.17, 15) is 9.18 Å². The molecule has 6 nitrogen and oxygen atoms in total. The van der Waals surface area contributed by atoms with E-state index >= 15 is 0 Å². The molecule has 1 amide bonds. The van der Waals surface area contributed by atoms with Crippen LogP contribution in [0.2, 0.25) is 0 Å². The number of fused-ring (bicyclic) bond motifs is 1. The topological polar surface area (TPSA) is 71.8 Å². The van der Waals surface area contributed by atoms with Crippen LogP contribution in [0.3, 0.4) is 0 Å². The lowest BCUT2D eigenvalue weighted by atomic mass is 10.2. The Bertz CT molecular complexity index is 1160. The van der Waals surface area contributed by atoms with Crippen LogP contribution in [-0.4, -0.2) is 26.0 Å². The molecule has 0 atom stereocenters. The van der Waals surface area contributed by atoms with Crippen molar-refractivity contribution in [3.8, 4) is 5.69 Å². The first-order valence-electron chi connectivity index (χ1n) is 8.39. The minimum absolute atomic E-state index is 0.180. The van der Waals surface area contributed by atoms with Gasteiger partial charge in [0.05, 0.1) is 5.69 Å². The second kappa shape index (κ2) is 7.53. The fourth-order valence-electron chi connectivity index (χ4n) is 2.61. The Kier molecular flexibility index (Phi) is 4.77. The van der Waals surface area contributed by atoms with Gasteiger partial charge in [-0.3, -0.25) is 10.1 Å². The van der Waals surface area contributed by atoms with Crippen molar-refractivity contribution in [3.63, 3.8) is 0 Å². The molecule has 1 heterocycles. The van der Waals surface area contributed by atoms with Gasteiger partial charge in [-0.05, 0) is 66.8 Å². The van der Waals surface area contributed by atoms with Gasteiger partial charge in [0.15, 0.2) is 5.11 Å². The third-order valence-electron chi connectivity index (χ3n) is 3.96. The molecule has 3 aromatic carbocycles. The van der Waals surface area contributed by atoms with Crippen molar-refractivity contribution in [2.45, 2.75) is 0 Å². The Morgan fingerprint density at radius 2 is 1.64 bits per heavy atom. The third-order valence-corrected chi connectivity index (χ3v) is 4.16. The number of halogens is 1. The van der Waals surface area contributed by atoms with Crippen molar-refractivity contribution in [2.75, 3.05) is 5.32 Å². The molecular weight excluding hydrogens is 377 g/mol. The van der Waals surface area contributed by atoms with Crippen molar-refractivity contribution in [3.05, 3.63) is 84.2 Å². The molecule has 0 fully saturated rings. The number of aromatic nitrogens is 3. The first kappa shape index (κ1) is 17.7. The highest BCUT2D eigenvalue weighted by molar-refractivity contribution is 7.80. The highest BCUT2D eigenvalue weighted by Crippen LogP contribution is 2.17. The summed E-state index contributed by atoms with van der Waals surface area (Å²) in [6.45, 7) is 0. The average molecular weight is 391 g/mol. The maximum atomic E-state index is 13.1. The molecule has 0 saturated carbocycles. The monoisotopic (exact) mass is 391 g/mol. The molecule has 0 aliphatic heterocycles. The van der Waals surface area contributed by atoms with Gasteiger partial charge < -0.3 is 5.32 Å². The Morgan fingerprint density at radius 3 is 2.39 bits per heavy atom. The number of hydrogen-bond donors (Lipinski definition) is 2. The lowest BCUT2D eigenvalue weighted by molar-refractivity contribution is 0.0977. The van der Waals surface area contributed by atoms with E-state index in [1.165, 1.54) is 16.9 Å². The zero-order valence-corrected chi connectivity index (χ0v) is 15.3. The first-order chi connectivity index (χ1) is 13.6. The number of benzene rings is 3. The van der Waals surface area contributed by atoms with E-state index < -0.39 is 0 Å². The average Bonchev–Trinajstić information content (AvgIpc) is 3.12. The lowest BCUT2D eigenvalue weighted by Gasteiger charge is -2.09. The summed E-state index contributed by atoms with van der Waals surface area (Å²) in [4.78, 5) is 13.6. The van der Waals surface area contributed by atoms with Crippen LogP contribution in [0.15, 0.2) is 72.8 Å². The van der Waals surface area contributed by atoms with E-state index in [2.05, 4.69) is 20.8 Å². The van der Waals surface area contributed by atoms with Gasteiger partial charge in [-0.25, -0.2) is 4.39 Å². The normalized spacial score (nSPS) is 10.6. The van der Waals surface area contributed by atoms with Crippen molar-refractivity contribution in [1.29, 1.82) is 0 Å². The minimum Gasteiger partial charge on any atom is -0.332 e. The van der Waals surface area contributed by atoms with Crippen molar-refractivity contribution in [2.24, 2.45) is 0 Å². The number of rotatable bonds is 3. The molecule has 4 rings (SSSR count). The number of carbonyl (C=O) groups excluding carboxylic acids is 1.